The van der Waals surface area contributed by atoms with Crippen molar-refractivity contribution < 1.29 is 23.1 Å². The highest BCUT2D eigenvalue weighted by atomic mass is 19.4. The molecular weight excluding hydrogens is 225 g/mol. The Bertz CT molecular complexity index is 421. The lowest BCUT2D eigenvalue weighted by Crippen LogP contribution is -2.12. The zero-order chi connectivity index (χ0) is 11.9. The minimum absolute atomic E-state index is 0.248. The first kappa shape index (κ1) is 11.0. The standard InChI is InChI=1S/C9H9F3N2O2/c10-9(11,12)7-3-6(8(15)16)14(13-7)4-5-1-2-5/h3,5H,1-2,4H2,(H,15,16). The Morgan fingerprint density at radius 2 is 2.19 bits per heavy atom. The summed E-state index contributed by atoms with van der Waals surface area (Å²) in [4.78, 5) is 10.7. The molecule has 4 nitrogen and oxygen atoms in total. The molecule has 0 saturated heterocycles. The molecule has 1 saturated carbocycles. The van der Waals surface area contributed by atoms with E-state index in [-0.39, 0.29) is 12.5 Å². The second-order valence-corrected chi connectivity index (χ2v) is 3.84. The maximum atomic E-state index is 12.3. The first-order chi connectivity index (χ1) is 7.38. The third kappa shape index (κ3) is 2.17. The molecule has 0 unspecified atom stereocenters. The molecule has 0 bridgehead atoms. The van der Waals surface area contributed by atoms with Gasteiger partial charge in [0.15, 0.2) is 5.69 Å². The Hall–Kier alpha value is -1.53. The van der Waals surface area contributed by atoms with Gasteiger partial charge in [-0.05, 0) is 18.8 Å². The van der Waals surface area contributed by atoms with Gasteiger partial charge < -0.3 is 5.11 Å². The molecule has 1 heterocycles. The summed E-state index contributed by atoms with van der Waals surface area (Å²) in [7, 11) is 0. The van der Waals surface area contributed by atoms with Gasteiger partial charge in [-0.15, -0.1) is 0 Å². The first-order valence-electron chi connectivity index (χ1n) is 4.76. The first-order valence-corrected chi connectivity index (χ1v) is 4.76. The minimum atomic E-state index is -4.60. The lowest BCUT2D eigenvalue weighted by atomic mass is 10.3. The highest BCUT2D eigenvalue weighted by molar-refractivity contribution is 5.85. The SMILES string of the molecule is O=C(O)c1cc(C(F)(F)F)nn1CC1CC1. The van der Waals surface area contributed by atoms with Crippen molar-refractivity contribution in [1.82, 2.24) is 9.78 Å². The second kappa shape index (κ2) is 3.50. The summed E-state index contributed by atoms with van der Waals surface area (Å²) in [5, 5.41) is 12.0. The van der Waals surface area contributed by atoms with Crippen molar-refractivity contribution in [3.63, 3.8) is 0 Å². The molecule has 0 aliphatic heterocycles. The smallest absolute Gasteiger partial charge is 0.435 e. The quantitative estimate of drug-likeness (QED) is 0.870. The van der Waals surface area contributed by atoms with Crippen molar-refractivity contribution in [2.45, 2.75) is 25.6 Å². The fraction of sp³-hybridized carbons (Fsp3) is 0.556. The highest BCUT2D eigenvalue weighted by Gasteiger charge is 2.36. The van der Waals surface area contributed by atoms with Crippen molar-refractivity contribution in [2.75, 3.05) is 0 Å². The van der Waals surface area contributed by atoms with E-state index < -0.39 is 23.5 Å². The number of hydrogen-bond donors (Lipinski definition) is 1. The van der Waals surface area contributed by atoms with Crippen LogP contribution in [0.3, 0.4) is 0 Å². The van der Waals surface area contributed by atoms with Crippen LogP contribution in [-0.4, -0.2) is 20.9 Å². The van der Waals surface area contributed by atoms with E-state index in [1.165, 1.54) is 0 Å². The molecule has 0 spiro atoms. The number of nitrogens with zero attached hydrogens (tertiary/aromatic N) is 2. The van der Waals surface area contributed by atoms with E-state index in [9.17, 15) is 18.0 Å². The van der Waals surface area contributed by atoms with Crippen LogP contribution in [0.25, 0.3) is 0 Å². The summed E-state index contributed by atoms with van der Waals surface area (Å²) in [5.74, 6) is -1.12. The number of carbonyl (C=O) groups is 1. The number of rotatable bonds is 3. The number of hydrogen-bond acceptors (Lipinski definition) is 2. The van der Waals surface area contributed by atoms with Gasteiger partial charge in [-0.1, -0.05) is 0 Å². The van der Waals surface area contributed by atoms with Crippen LogP contribution < -0.4 is 0 Å². The zero-order valence-electron chi connectivity index (χ0n) is 8.16. The Morgan fingerprint density at radius 1 is 1.56 bits per heavy atom. The van der Waals surface area contributed by atoms with Crippen molar-refractivity contribution >= 4 is 5.97 Å². The van der Waals surface area contributed by atoms with Crippen LogP contribution in [0, 0.1) is 5.92 Å². The van der Waals surface area contributed by atoms with Crippen LogP contribution in [0.2, 0.25) is 0 Å². The Labute approximate surface area is 88.7 Å². The van der Waals surface area contributed by atoms with Gasteiger partial charge >= 0.3 is 12.1 Å². The molecule has 2 rings (SSSR count). The lowest BCUT2D eigenvalue weighted by molar-refractivity contribution is -0.141. The van der Waals surface area contributed by atoms with E-state index in [1.54, 1.807) is 0 Å². The monoisotopic (exact) mass is 234 g/mol. The molecule has 7 heteroatoms. The number of alkyl halides is 3. The third-order valence-corrected chi connectivity index (χ3v) is 2.42. The van der Waals surface area contributed by atoms with Crippen LogP contribution in [-0.2, 0) is 12.7 Å². The van der Waals surface area contributed by atoms with Crippen LogP contribution in [0.15, 0.2) is 6.07 Å². The summed E-state index contributed by atoms with van der Waals surface area (Å²) in [6.07, 6.45) is -2.76. The van der Waals surface area contributed by atoms with Crippen LogP contribution in [0.4, 0.5) is 13.2 Å². The molecule has 1 aliphatic rings. The van der Waals surface area contributed by atoms with Crippen molar-refractivity contribution in [3.05, 3.63) is 17.5 Å². The normalized spacial score (nSPS) is 16.4. The molecule has 1 N–H and O–H groups in total. The van der Waals surface area contributed by atoms with Gasteiger partial charge in [0, 0.05) is 12.6 Å². The second-order valence-electron chi connectivity index (χ2n) is 3.84. The van der Waals surface area contributed by atoms with Gasteiger partial charge in [-0.2, -0.15) is 18.3 Å². The van der Waals surface area contributed by atoms with Crippen molar-refractivity contribution in [3.8, 4) is 0 Å². The van der Waals surface area contributed by atoms with E-state index in [0.717, 1.165) is 17.5 Å². The van der Waals surface area contributed by atoms with Crippen LogP contribution >= 0.6 is 0 Å². The fourth-order valence-corrected chi connectivity index (χ4v) is 1.41. The van der Waals surface area contributed by atoms with Crippen LogP contribution in [0.5, 0.6) is 0 Å². The molecule has 0 aromatic carbocycles. The summed E-state index contributed by atoms with van der Waals surface area (Å²) in [5.41, 5.74) is -1.55. The van der Waals surface area contributed by atoms with Gasteiger partial charge in [0.1, 0.15) is 5.69 Å². The van der Waals surface area contributed by atoms with E-state index in [4.69, 9.17) is 5.11 Å². The van der Waals surface area contributed by atoms with Gasteiger partial charge in [0.2, 0.25) is 0 Å². The fourth-order valence-electron chi connectivity index (χ4n) is 1.41. The van der Waals surface area contributed by atoms with E-state index >= 15 is 0 Å². The topological polar surface area (TPSA) is 55.1 Å². The molecule has 88 valence electrons. The Balaban J connectivity index is 2.32. The summed E-state index contributed by atoms with van der Waals surface area (Å²) >= 11 is 0. The Kier molecular flexibility index (Phi) is 2.40. The molecule has 1 aromatic rings. The largest absolute Gasteiger partial charge is 0.477 e. The van der Waals surface area contributed by atoms with Gasteiger partial charge in [0.05, 0.1) is 0 Å². The van der Waals surface area contributed by atoms with Gasteiger partial charge in [-0.3, -0.25) is 4.68 Å². The number of aromatic nitrogens is 2. The lowest BCUT2D eigenvalue weighted by Gasteiger charge is -2.02. The Morgan fingerprint density at radius 3 is 2.62 bits per heavy atom. The van der Waals surface area contributed by atoms with E-state index in [2.05, 4.69) is 5.10 Å². The molecule has 0 atom stereocenters. The van der Waals surface area contributed by atoms with Gasteiger partial charge in [0.25, 0.3) is 0 Å². The average Bonchev–Trinajstić information content (AvgIpc) is 2.80. The maximum Gasteiger partial charge on any atom is 0.435 e. The van der Waals surface area contributed by atoms with Crippen molar-refractivity contribution in [1.29, 1.82) is 0 Å². The van der Waals surface area contributed by atoms with Gasteiger partial charge in [-0.25, -0.2) is 4.79 Å². The summed E-state index contributed by atoms with van der Waals surface area (Å²) in [6.45, 7) is 0.248. The number of halogens is 3. The summed E-state index contributed by atoms with van der Waals surface area (Å²) in [6, 6.07) is 0.574. The zero-order valence-corrected chi connectivity index (χ0v) is 8.16. The highest BCUT2D eigenvalue weighted by Crippen LogP contribution is 2.33. The summed E-state index contributed by atoms with van der Waals surface area (Å²) < 4.78 is 37.9. The number of carboxylic acids is 1. The number of carboxylic acid groups (broad SMARTS) is 1. The maximum absolute atomic E-state index is 12.3. The molecule has 0 amide bonds. The molecule has 1 aromatic heterocycles. The number of aromatic carboxylic acids is 1. The molecule has 16 heavy (non-hydrogen) atoms. The molecule has 1 fully saturated rings. The third-order valence-electron chi connectivity index (χ3n) is 2.42. The predicted octanol–water partition coefficient (Wildman–Crippen LogP) is 2.01. The van der Waals surface area contributed by atoms with E-state index in [1.807, 2.05) is 0 Å². The van der Waals surface area contributed by atoms with E-state index in [0.29, 0.717) is 6.07 Å². The molecular formula is C9H9F3N2O2. The molecule has 0 radical (unpaired) electrons. The van der Waals surface area contributed by atoms with Crippen LogP contribution in [0.1, 0.15) is 29.0 Å². The average molecular weight is 234 g/mol. The predicted molar refractivity (Wildman–Crippen MR) is 46.9 cm³/mol. The van der Waals surface area contributed by atoms with Crippen molar-refractivity contribution in [2.24, 2.45) is 5.92 Å². The minimum Gasteiger partial charge on any atom is -0.477 e. The molecule has 1 aliphatic carbocycles.